The Balaban J connectivity index is 3.09. The molecule has 2 unspecified atom stereocenters. The topological polar surface area (TPSA) is 21.3 Å². The lowest BCUT2D eigenvalue weighted by molar-refractivity contribution is 0.361. The van der Waals surface area contributed by atoms with Crippen LogP contribution in [-0.2, 0) is 0 Å². The Kier molecular flexibility index (Phi) is 7.08. The molecule has 114 valence electrons. The zero-order valence-electron chi connectivity index (χ0n) is 14.0. The molecule has 1 N–H and O–H groups in total. The SMILES string of the molecule is CCCNC(c1cc(C)c(OC)cc1C)C(C)CCC. The van der Waals surface area contributed by atoms with Crippen LogP contribution in [-0.4, -0.2) is 13.7 Å². The van der Waals surface area contributed by atoms with E-state index >= 15 is 0 Å². The van der Waals surface area contributed by atoms with E-state index in [1.54, 1.807) is 7.11 Å². The van der Waals surface area contributed by atoms with E-state index in [1.165, 1.54) is 36.0 Å². The quantitative estimate of drug-likeness (QED) is 0.737. The molecule has 1 aromatic rings. The van der Waals surface area contributed by atoms with Crippen molar-refractivity contribution in [2.24, 2.45) is 5.92 Å². The van der Waals surface area contributed by atoms with Crippen molar-refractivity contribution in [3.63, 3.8) is 0 Å². The molecule has 0 saturated carbocycles. The van der Waals surface area contributed by atoms with Gasteiger partial charge in [-0.25, -0.2) is 0 Å². The summed E-state index contributed by atoms with van der Waals surface area (Å²) in [7, 11) is 1.74. The Morgan fingerprint density at radius 2 is 1.80 bits per heavy atom. The van der Waals surface area contributed by atoms with Crippen molar-refractivity contribution < 1.29 is 4.74 Å². The van der Waals surface area contributed by atoms with Gasteiger partial charge < -0.3 is 10.1 Å². The monoisotopic (exact) mass is 277 g/mol. The van der Waals surface area contributed by atoms with E-state index in [1.807, 2.05) is 0 Å². The number of ether oxygens (including phenoxy) is 1. The fourth-order valence-electron chi connectivity index (χ4n) is 2.91. The fraction of sp³-hybridized carbons (Fsp3) is 0.667. The molecule has 0 bridgehead atoms. The van der Waals surface area contributed by atoms with Crippen molar-refractivity contribution in [3.8, 4) is 5.75 Å². The minimum absolute atomic E-state index is 0.444. The molecule has 0 aromatic heterocycles. The lowest BCUT2D eigenvalue weighted by atomic mass is 9.87. The zero-order valence-corrected chi connectivity index (χ0v) is 14.0. The van der Waals surface area contributed by atoms with E-state index in [9.17, 15) is 0 Å². The molecule has 2 atom stereocenters. The van der Waals surface area contributed by atoms with Crippen molar-refractivity contribution in [2.75, 3.05) is 13.7 Å². The second kappa shape index (κ2) is 8.31. The molecular weight excluding hydrogens is 246 g/mol. The van der Waals surface area contributed by atoms with Crippen LogP contribution in [0.2, 0.25) is 0 Å². The standard InChI is InChI=1S/C18H31NO/c1-7-9-13(3)18(19-10-8-2)16-11-15(5)17(20-6)12-14(16)4/h11-13,18-19H,7-10H2,1-6H3. The highest BCUT2D eigenvalue weighted by Crippen LogP contribution is 2.32. The molecule has 2 heteroatoms. The van der Waals surface area contributed by atoms with Gasteiger partial charge in [-0.3, -0.25) is 0 Å². The zero-order chi connectivity index (χ0) is 15.1. The van der Waals surface area contributed by atoms with Gasteiger partial charge in [0.05, 0.1) is 7.11 Å². The molecular formula is C18H31NO. The lowest BCUT2D eigenvalue weighted by Crippen LogP contribution is -2.28. The summed E-state index contributed by atoms with van der Waals surface area (Å²) in [5.41, 5.74) is 3.97. The van der Waals surface area contributed by atoms with E-state index in [0.29, 0.717) is 12.0 Å². The summed E-state index contributed by atoms with van der Waals surface area (Å²) in [6.07, 6.45) is 3.66. The number of rotatable bonds is 8. The predicted octanol–water partition coefficient (Wildman–Crippen LogP) is 4.79. The molecule has 0 radical (unpaired) electrons. The van der Waals surface area contributed by atoms with Gasteiger partial charge >= 0.3 is 0 Å². The van der Waals surface area contributed by atoms with Crippen molar-refractivity contribution in [3.05, 3.63) is 28.8 Å². The van der Waals surface area contributed by atoms with Gasteiger partial charge in [0.2, 0.25) is 0 Å². The van der Waals surface area contributed by atoms with Gasteiger partial charge in [0.25, 0.3) is 0 Å². The molecule has 0 aliphatic carbocycles. The number of aryl methyl sites for hydroxylation is 2. The maximum atomic E-state index is 5.43. The number of hydrogen-bond donors (Lipinski definition) is 1. The van der Waals surface area contributed by atoms with Crippen LogP contribution in [0.1, 0.15) is 62.8 Å². The van der Waals surface area contributed by atoms with Crippen LogP contribution in [0.3, 0.4) is 0 Å². The van der Waals surface area contributed by atoms with Gasteiger partial charge in [-0.15, -0.1) is 0 Å². The summed E-state index contributed by atoms with van der Waals surface area (Å²) in [6.45, 7) is 12.2. The van der Waals surface area contributed by atoms with Gasteiger partial charge in [0, 0.05) is 6.04 Å². The van der Waals surface area contributed by atoms with E-state index < -0.39 is 0 Å². The van der Waals surface area contributed by atoms with Crippen molar-refractivity contribution in [2.45, 2.75) is 59.9 Å². The second-order valence-electron chi connectivity index (χ2n) is 5.88. The minimum atomic E-state index is 0.444. The third-order valence-corrected chi connectivity index (χ3v) is 4.05. The first-order chi connectivity index (χ1) is 9.54. The molecule has 0 spiro atoms. The molecule has 20 heavy (non-hydrogen) atoms. The van der Waals surface area contributed by atoms with E-state index in [-0.39, 0.29) is 0 Å². The molecule has 1 aromatic carbocycles. The summed E-state index contributed by atoms with van der Waals surface area (Å²) in [4.78, 5) is 0. The van der Waals surface area contributed by atoms with Gasteiger partial charge in [-0.2, -0.15) is 0 Å². The van der Waals surface area contributed by atoms with Crippen molar-refractivity contribution in [1.29, 1.82) is 0 Å². The molecule has 2 nitrogen and oxygen atoms in total. The predicted molar refractivity (Wildman–Crippen MR) is 87.6 cm³/mol. The van der Waals surface area contributed by atoms with Crippen LogP contribution in [0.15, 0.2) is 12.1 Å². The van der Waals surface area contributed by atoms with Crippen LogP contribution in [0, 0.1) is 19.8 Å². The Bertz CT molecular complexity index is 414. The normalized spacial score (nSPS) is 14.1. The second-order valence-corrected chi connectivity index (χ2v) is 5.88. The Morgan fingerprint density at radius 3 is 2.35 bits per heavy atom. The number of benzene rings is 1. The van der Waals surface area contributed by atoms with Crippen LogP contribution in [0.5, 0.6) is 5.75 Å². The Labute approximate surface area is 124 Å². The lowest BCUT2D eigenvalue weighted by Gasteiger charge is -2.28. The Hall–Kier alpha value is -1.02. The van der Waals surface area contributed by atoms with Gasteiger partial charge in [-0.1, -0.05) is 33.3 Å². The molecule has 0 saturated heterocycles. The molecule has 0 aliphatic rings. The van der Waals surface area contributed by atoms with Crippen LogP contribution < -0.4 is 10.1 Å². The first-order valence-corrected chi connectivity index (χ1v) is 7.93. The summed E-state index contributed by atoms with van der Waals surface area (Å²) in [6, 6.07) is 4.91. The van der Waals surface area contributed by atoms with E-state index in [0.717, 1.165) is 12.3 Å². The van der Waals surface area contributed by atoms with E-state index in [2.05, 4.69) is 52.1 Å². The first-order valence-electron chi connectivity index (χ1n) is 7.93. The molecule has 0 fully saturated rings. The summed E-state index contributed by atoms with van der Waals surface area (Å²) < 4.78 is 5.43. The first kappa shape index (κ1) is 17.0. The summed E-state index contributed by atoms with van der Waals surface area (Å²) in [5.74, 6) is 1.64. The molecule has 0 aliphatic heterocycles. The third kappa shape index (κ3) is 4.24. The minimum Gasteiger partial charge on any atom is -0.496 e. The largest absolute Gasteiger partial charge is 0.496 e. The number of methoxy groups -OCH3 is 1. The van der Waals surface area contributed by atoms with E-state index in [4.69, 9.17) is 4.74 Å². The van der Waals surface area contributed by atoms with Crippen LogP contribution >= 0.6 is 0 Å². The highest BCUT2D eigenvalue weighted by Gasteiger charge is 2.20. The van der Waals surface area contributed by atoms with Crippen molar-refractivity contribution in [1.82, 2.24) is 5.32 Å². The van der Waals surface area contributed by atoms with Gasteiger partial charge in [0.1, 0.15) is 5.75 Å². The van der Waals surface area contributed by atoms with Gasteiger partial charge in [0.15, 0.2) is 0 Å². The maximum Gasteiger partial charge on any atom is 0.122 e. The maximum absolute atomic E-state index is 5.43. The summed E-state index contributed by atoms with van der Waals surface area (Å²) >= 11 is 0. The highest BCUT2D eigenvalue weighted by atomic mass is 16.5. The van der Waals surface area contributed by atoms with Crippen molar-refractivity contribution >= 4 is 0 Å². The Morgan fingerprint density at radius 1 is 1.10 bits per heavy atom. The molecule has 0 heterocycles. The van der Waals surface area contributed by atoms with Crippen LogP contribution in [0.4, 0.5) is 0 Å². The number of nitrogens with one attached hydrogen (secondary N) is 1. The van der Waals surface area contributed by atoms with Gasteiger partial charge in [-0.05, 0) is 61.9 Å². The average Bonchev–Trinajstić information content (AvgIpc) is 2.42. The molecule has 1 rings (SSSR count). The summed E-state index contributed by atoms with van der Waals surface area (Å²) in [5, 5.41) is 3.73. The third-order valence-electron chi connectivity index (χ3n) is 4.05. The highest BCUT2D eigenvalue weighted by molar-refractivity contribution is 5.43. The smallest absolute Gasteiger partial charge is 0.122 e. The fourth-order valence-corrected chi connectivity index (χ4v) is 2.91. The number of hydrogen-bond acceptors (Lipinski definition) is 2. The average molecular weight is 277 g/mol. The molecule has 0 amide bonds. The van der Waals surface area contributed by atoms with Crippen LogP contribution in [0.25, 0.3) is 0 Å².